The fraction of sp³-hybridized carbons (Fsp3) is 0.958. The zero-order valence-electron chi connectivity index (χ0n) is 36.8. The number of hydrogen-bond acceptors (Lipinski definition) is 3. The quantitative estimate of drug-likeness (QED) is 0.0583. The summed E-state index contributed by atoms with van der Waals surface area (Å²) in [5.74, 6) is 0.141. The van der Waals surface area contributed by atoms with Crippen molar-refractivity contribution in [1.82, 2.24) is 9.80 Å². The molecule has 0 rings (SSSR count). The standard InChI is InChI=1S/C48H96N2O3/c1-5-9-13-17-21-25-27-31-35-39-43-50(44-40-36-32-28-26-22-18-14-10-6-2)48(52)46-53-45-47(51)49(41-37-33-29-23-19-15-11-7-3)42-38-34-30-24-20-16-12-8-4/h5-46H2,1-4H3. The minimum Gasteiger partial charge on any atom is -0.362 e. The van der Waals surface area contributed by atoms with Crippen molar-refractivity contribution in [3.05, 3.63) is 0 Å². The van der Waals surface area contributed by atoms with Crippen molar-refractivity contribution in [2.45, 2.75) is 259 Å². The van der Waals surface area contributed by atoms with Crippen LogP contribution >= 0.6 is 0 Å². The summed E-state index contributed by atoms with van der Waals surface area (Å²) < 4.78 is 5.90. The number of carbonyl (C=O) groups excluding carboxylic acids is 2. The molecule has 0 aromatic heterocycles. The second kappa shape index (κ2) is 43.6. The molecule has 0 saturated carbocycles. The lowest BCUT2D eigenvalue weighted by Crippen LogP contribution is -2.39. The molecule has 0 radical (unpaired) electrons. The van der Waals surface area contributed by atoms with Crippen LogP contribution in [0.4, 0.5) is 0 Å². The lowest BCUT2D eigenvalue weighted by molar-refractivity contribution is -0.142. The molecule has 0 aromatic rings. The van der Waals surface area contributed by atoms with E-state index in [1.165, 1.54) is 205 Å². The summed E-state index contributed by atoms with van der Waals surface area (Å²) in [4.78, 5) is 30.9. The molecule has 0 atom stereocenters. The minimum atomic E-state index is 0.0319. The van der Waals surface area contributed by atoms with E-state index in [0.29, 0.717) is 0 Å². The summed E-state index contributed by atoms with van der Waals surface area (Å²) in [5, 5.41) is 0. The van der Waals surface area contributed by atoms with E-state index >= 15 is 0 Å². The maximum Gasteiger partial charge on any atom is 0.248 e. The van der Waals surface area contributed by atoms with E-state index in [9.17, 15) is 9.59 Å². The third-order valence-corrected chi connectivity index (χ3v) is 11.3. The van der Waals surface area contributed by atoms with Crippen LogP contribution in [-0.2, 0) is 14.3 Å². The first-order valence-corrected chi connectivity index (χ1v) is 24.2. The van der Waals surface area contributed by atoms with Crippen molar-refractivity contribution in [1.29, 1.82) is 0 Å². The Balaban J connectivity index is 4.78. The molecule has 0 saturated heterocycles. The van der Waals surface area contributed by atoms with Crippen molar-refractivity contribution in [2.75, 3.05) is 39.4 Å². The molecule has 0 unspecified atom stereocenters. The first kappa shape index (κ1) is 51.9. The monoisotopic (exact) mass is 749 g/mol. The maximum atomic E-state index is 13.4. The minimum absolute atomic E-state index is 0.0319. The highest BCUT2D eigenvalue weighted by molar-refractivity contribution is 5.79. The van der Waals surface area contributed by atoms with Gasteiger partial charge in [0.1, 0.15) is 13.2 Å². The Labute approximate surface area is 333 Å². The second-order valence-corrected chi connectivity index (χ2v) is 16.6. The third-order valence-electron chi connectivity index (χ3n) is 11.3. The van der Waals surface area contributed by atoms with Gasteiger partial charge in [0, 0.05) is 26.2 Å². The Morgan fingerprint density at radius 1 is 0.283 bits per heavy atom. The molecular formula is C48H96N2O3. The van der Waals surface area contributed by atoms with Crippen molar-refractivity contribution < 1.29 is 14.3 Å². The molecule has 0 aliphatic heterocycles. The topological polar surface area (TPSA) is 49.9 Å². The summed E-state index contributed by atoms with van der Waals surface area (Å²) >= 11 is 0. The lowest BCUT2D eigenvalue weighted by atomic mass is 10.1. The molecule has 0 aliphatic rings. The van der Waals surface area contributed by atoms with Crippen LogP contribution in [-0.4, -0.2) is 61.0 Å². The van der Waals surface area contributed by atoms with Gasteiger partial charge in [-0.05, 0) is 25.7 Å². The predicted octanol–water partition coefficient (Wildman–Crippen LogP) is 14.8. The Bertz CT molecular complexity index is 700. The molecule has 0 N–H and O–H groups in total. The molecule has 0 fully saturated rings. The average Bonchev–Trinajstić information content (AvgIpc) is 3.16. The molecular weight excluding hydrogens is 653 g/mol. The van der Waals surface area contributed by atoms with Crippen LogP contribution < -0.4 is 0 Å². The van der Waals surface area contributed by atoms with E-state index in [4.69, 9.17) is 4.74 Å². The van der Waals surface area contributed by atoms with E-state index < -0.39 is 0 Å². The van der Waals surface area contributed by atoms with E-state index in [2.05, 4.69) is 32.6 Å². The van der Waals surface area contributed by atoms with Gasteiger partial charge in [-0.1, -0.05) is 233 Å². The predicted molar refractivity (Wildman–Crippen MR) is 233 cm³/mol. The summed E-state index contributed by atoms with van der Waals surface area (Å²) in [6, 6.07) is 0. The lowest BCUT2D eigenvalue weighted by Gasteiger charge is -2.24. The molecule has 2 amide bonds. The van der Waals surface area contributed by atoms with Crippen LogP contribution in [0.1, 0.15) is 259 Å². The number of unbranched alkanes of at least 4 members (excludes halogenated alkanes) is 32. The van der Waals surface area contributed by atoms with Gasteiger partial charge in [0.25, 0.3) is 0 Å². The van der Waals surface area contributed by atoms with Crippen LogP contribution in [0.3, 0.4) is 0 Å². The van der Waals surface area contributed by atoms with Gasteiger partial charge in [0.2, 0.25) is 11.8 Å². The second-order valence-electron chi connectivity index (χ2n) is 16.6. The van der Waals surface area contributed by atoms with Gasteiger partial charge in [0.05, 0.1) is 0 Å². The summed E-state index contributed by atoms with van der Waals surface area (Å²) in [5.41, 5.74) is 0. The van der Waals surface area contributed by atoms with Gasteiger partial charge in [-0.25, -0.2) is 0 Å². The van der Waals surface area contributed by atoms with Crippen molar-refractivity contribution >= 4 is 11.8 Å². The van der Waals surface area contributed by atoms with Gasteiger partial charge in [0.15, 0.2) is 0 Å². The van der Waals surface area contributed by atoms with Crippen LogP contribution in [0.15, 0.2) is 0 Å². The Kier molecular flexibility index (Phi) is 42.7. The molecule has 0 aromatic carbocycles. The SMILES string of the molecule is CCCCCCCCCCCCN(CCCCCCCCCCCC)C(=O)COCC(=O)N(CCCCCCCCCC)CCCCCCCCCC. The maximum absolute atomic E-state index is 13.4. The molecule has 53 heavy (non-hydrogen) atoms. The van der Waals surface area contributed by atoms with Crippen LogP contribution in [0, 0.1) is 0 Å². The zero-order chi connectivity index (χ0) is 38.7. The summed E-state index contributed by atoms with van der Waals surface area (Å²) in [7, 11) is 0. The van der Waals surface area contributed by atoms with Crippen molar-refractivity contribution in [3.8, 4) is 0 Å². The van der Waals surface area contributed by atoms with Gasteiger partial charge < -0.3 is 14.5 Å². The Morgan fingerprint density at radius 2 is 0.453 bits per heavy atom. The van der Waals surface area contributed by atoms with E-state index in [1.807, 2.05) is 4.90 Å². The number of ether oxygens (including phenoxy) is 1. The number of nitrogens with zero attached hydrogens (tertiary/aromatic N) is 2. The largest absolute Gasteiger partial charge is 0.362 e. The number of carbonyl (C=O) groups is 2. The number of amides is 2. The normalized spacial score (nSPS) is 11.4. The number of hydrogen-bond donors (Lipinski definition) is 0. The average molecular weight is 749 g/mol. The molecule has 316 valence electrons. The van der Waals surface area contributed by atoms with Crippen molar-refractivity contribution in [3.63, 3.8) is 0 Å². The van der Waals surface area contributed by atoms with E-state index in [-0.39, 0.29) is 25.0 Å². The van der Waals surface area contributed by atoms with Gasteiger partial charge in [-0.3, -0.25) is 9.59 Å². The highest BCUT2D eigenvalue weighted by Gasteiger charge is 2.17. The van der Waals surface area contributed by atoms with E-state index in [1.54, 1.807) is 0 Å². The van der Waals surface area contributed by atoms with Gasteiger partial charge in [-0.2, -0.15) is 0 Å². The summed E-state index contributed by atoms with van der Waals surface area (Å²) in [6.07, 6.45) is 46.4. The Hall–Kier alpha value is -1.10. The molecule has 0 heterocycles. The molecule has 0 bridgehead atoms. The van der Waals surface area contributed by atoms with Gasteiger partial charge in [-0.15, -0.1) is 0 Å². The zero-order valence-corrected chi connectivity index (χ0v) is 36.8. The molecule has 0 spiro atoms. The first-order valence-electron chi connectivity index (χ1n) is 24.2. The fourth-order valence-electron chi connectivity index (χ4n) is 7.58. The third kappa shape index (κ3) is 37.6. The van der Waals surface area contributed by atoms with Crippen molar-refractivity contribution in [2.24, 2.45) is 0 Å². The highest BCUT2D eigenvalue weighted by Crippen LogP contribution is 2.15. The molecule has 5 heteroatoms. The van der Waals surface area contributed by atoms with Crippen LogP contribution in [0.25, 0.3) is 0 Å². The molecule has 5 nitrogen and oxygen atoms in total. The van der Waals surface area contributed by atoms with Crippen LogP contribution in [0.5, 0.6) is 0 Å². The van der Waals surface area contributed by atoms with E-state index in [0.717, 1.165) is 51.9 Å². The highest BCUT2D eigenvalue weighted by atomic mass is 16.5. The first-order chi connectivity index (χ1) is 26.1. The fourth-order valence-corrected chi connectivity index (χ4v) is 7.58. The van der Waals surface area contributed by atoms with Gasteiger partial charge >= 0.3 is 0 Å². The number of rotatable bonds is 44. The van der Waals surface area contributed by atoms with Crippen LogP contribution in [0.2, 0.25) is 0 Å². The Morgan fingerprint density at radius 3 is 0.642 bits per heavy atom. The summed E-state index contributed by atoms with van der Waals surface area (Å²) in [6.45, 7) is 12.5. The smallest absolute Gasteiger partial charge is 0.248 e. The molecule has 0 aliphatic carbocycles.